The van der Waals surface area contributed by atoms with Gasteiger partial charge >= 0.3 is 0 Å². The van der Waals surface area contributed by atoms with E-state index in [1.165, 1.54) is 50.5 Å². The standard InChI is InChI=1S/C25H38N4O/c1-2-26-24(28-22-21-12-17-30-23(21)25(22)13-6-7-14-25)27-20-10-15-29(16-11-20)18-19-8-4-3-5-9-19/h3-5,8-9,20-23H,2,6-7,10-18H2,1H3,(H2,26,27,28). The van der Waals surface area contributed by atoms with Crippen LogP contribution in [0.25, 0.3) is 0 Å². The van der Waals surface area contributed by atoms with Gasteiger partial charge in [-0.3, -0.25) is 9.89 Å². The van der Waals surface area contributed by atoms with Gasteiger partial charge in [-0.15, -0.1) is 0 Å². The van der Waals surface area contributed by atoms with E-state index < -0.39 is 0 Å². The van der Waals surface area contributed by atoms with Crippen LogP contribution in [0.2, 0.25) is 0 Å². The topological polar surface area (TPSA) is 48.9 Å². The Morgan fingerprint density at radius 1 is 1.10 bits per heavy atom. The Morgan fingerprint density at radius 2 is 1.87 bits per heavy atom. The van der Waals surface area contributed by atoms with Crippen molar-refractivity contribution in [3.8, 4) is 0 Å². The van der Waals surface area contributed by atoms with E-state index in [0.717, 1.165) is 38.7 Å². The second-order valence-electron chi connectivity index (χ2n) is 9.81. The van der Waals surface area contributed by atoms with Crippen molar-refractivity contribution in [3.63, 3.8) is 0 Å². The van der Waals surface area contributed by atoms with Gasteiger partial charge in [0.1, 0.15) is 0 Å². The minimum Gasteiger partial charge on any atom is -0.377 e. The molecule has 5 heteroatoms. The maximum Gasteiger partial charge on any atom is 0.191 e. The molecule has 1 aromatic carbocycles. The Bertz CT molecular complexity index is 722. The third-order valence-corrected chi connectivity index (χ3v) is 8.07. The van der Waals surface area contributed by atoms with Crippen LogP contribution in [0.15, 0.2) is 35.3 Å². The summed E-state index contributed by atoms with van der Waals surface area (Å²) >= 11 is 0. The lowest BCUT2D eigenvalue weighted by Gasteiger charge is -2.57. The number of nitrogens with one attached hydrogen (secondary N) is 2. The molecular formula is C25H38N4O. The molecule has 1 aromatic rings. The van der Waals surface area contributed by atoms with Gasteiger partial charge in [-0.2, -0.15) is 0 Å². The predicted octanol–water partition coefficient (Wildman–Crippen LogP) is 3.55. The number of likely N-dealkylation sites (tertiary alicyclic amines) is 1. The summed E-state index contributed by atoms with van der Waals surface area (Å²) in [6.07, 6.45) is 9.44. The number of ether oxygens (including phenoxy) is 1. The summed E-state index contributed by atoms with van der Waals surface area (Å²) < 4.78 is 6.17. The van der Waals surface area contributed by atoms with Crippen molar-refractivity contribution in [2.24, 2.45) is 16.3 Å². The summed E-state index contributed by atoms with van der Waals surface area (Å²) in [4.78, 5) is 7.42. The van der Waals surface area contributed by atoms with Crippen LogP contribution < -0.4 is 10.6 Å². The molecule has 2 saturated carbocycles. The summed E-state index contributed by atoms with van der Waals surface area (Å²) in [6.45, 7) is 7.28. The number of hydrogen-bond donors (Lipinski definition) is 2. The van der Waals surface area contributed by atoms with Crippen LogP contribution in [0.1, 0.15) is 57.4 Å². The fourth-order valence-corrected chi connectivity index (χ4v) is 6.61. The van der Waals surface area contributed by atoms with Gasteiger partial charge in [-0.25, -0.2) is 0 Å². The molecule has 5 nitrogen and oxygen atoms in total. The number of benzene rings is 1. The molecule has 2 saturated heterocycles. The number of piperidine rings is 1. The molecule has 5 rings (SSSR count). The first-order valence-electron chi connectivity index (χ1n) is 12.2. The highest BCUT2D eigenvalue weighted by atomic mass is 16.5. The minimum absolute atomic E-state index is 0.371. The zero-order chi connectivity index (χ0) is 20.4. The zero-order valence-corrected chi connectivity index (χ0v) is 18.5. The summed E-state index contributed by atoms with van der Waals surface area (Å²) in [5.41, 5.74) is 1.79. The maximum absolute atomic E-state index is 6.17. The van der Waals surface area contributed by atoms with Crippen molar-refractivity contribution in [2.45, 2.75) is 76.6 Å². The van der Waals surface area contributed by atoms with Gasteiger partial charge in [0.05, 0.1) is 6.10 Å². The second-order valence-corrected chi connectivity index (χ2v) is 9.81. The Balaban J connectivity index is 1.16. The quantitative estimate of drug-likeness (QED) is 0.576. The Kier molecular flexibility index (Phi) is 6.01. The van der Waals surface area contributed by atoms with Crippen molar-refractivity contribution in [3.05, 3.63) is 35.9 Å². The van der Waals surface area contributed by atoms with Gasteiger partial charge in [0.25, 0.3) is 0 Å². The molecule has 2 N–H and O–H groups in total. The third kappa shape index (κ3) is 3.87. The molecule has 3 unspecified atom stereocenters. The van der Waals surface area contributed by atoms with Crippen molar-refractivity contribution in [1.29, 1.82) is 0 Å². The Hall–Kier alpha value is -1.59. The van der Waals surface area contributed by atoms with Crippen LogP contribution in [0.5, 0.6) is 0 Å². The number of aliphatic imine (C=N–C) groups is 1. The fourth-order valence-electron chi connectivity index (χ4n) is 6.61. The lowest BCUT2D eigenvalue weighted by Crippen LogP contribution is -2.69. The smallest absolute Gasteiger partial charge is 0.191 e. The van der Waals surface area contributed by atoms with Crippen LogP contribution in [0.4, 0.5) is 0 Å². The molecule has 2 aliphatic carbocycles. The highest BCUT2D eigenvalue weighted by molar-refractivity contribution is 5.80. The van der Waals surface area contributed by atoms with E-state index in [0.29, 0.717) is 29.5 Å². The van der Waals surface area contributed by atoms with Crippen LogP contribution in [0, 0.1) is 11.3 Å². The number of rotatable bonds is 5. The summed E-state index contributed by atoms with van der Waals surface area (Å²) in [7, 11) is 0. The van der Waals surface area contributed by atoms with Gasteiger partial charge in [0, 0.05) is 56.2 Å². The highest BCUT2D eigenvalue weighted by Crippen LogP contribution is 2.60. The zero-order valence-electron chi connectivity index (χ0n) is 18.5. The fraction of sp³-hybridized carbons (Fsp3) is 0.720. The van der Waals surface area contributed by atoms with Crippen molar-refractivity contribution in [2.75, 3.05) is 26.2 Å². The molecule has 0 amide bonds. The molecule has 164 valence electrons. The van der Waals surface area contributed by atoms with Crippen LogP contribution >= 0.6 is 0 Å². The van der Waals surface area contributed by atoms with Crippen LogP contribution in [-0.2, 0) is 11.3 Å². The van der Waals surface area contributed by atoms with E-state index in [-0.39, 0.29) is 0 Å². The molecule has 0 radical (unpaired) electrons. The number of hydrogen-bond acceptors (Lipinski definition) is 3. The van der Waals surface area contributed by atoms with Crippen molar-refractivity contribution < 1.29 is 4.74 Å². The lowest BCUT2D eigenvalue weighted by molar-refractivity contribution is -0.125. The molecule has 3 atom stereocenters. The molecular weight excluding hydrogens is 372 g/mol. The first kappa shape index (κ1) is 20.3. The van der Waals surface area contributed by atoms with Gasteiger partial charge in [0.15, 0.2) is 5.96 Å². The second kappa shape index (κ2) is 8.88. The number of nitrogens with zero attached hydrogens (tertiary/aromatic N) is 2. The molecule has 1 spiro atoms. The van der Waals surface area contributed by atoms with E-state index in [9.17, 15) is 0 Å². The van der Waals surface area contributed by atoms with Crippen molar-refractivity contribution >= 4 is 5.96 Å². The molecule has 30 heavy (non-hydrogen) atoms. The number of guanidine groups is 1. The average molecular weight is 411 g/mol. The largest absolute Gasteiger partial charge is 0.377 e. The summed E-state index contributed by atoms with van der Waals surface area (Å²) in [6, 6.07) is 11.9. The van der Waals surface area contributed by atoms with Crippen LogP contribution in [-0.4, -0.2) is 55.3 Å². The lowest BCUT2D eigenvalue weighted by atomic mass is 9.54. The van der Waals surface area contributed by atoms with Gasteiger partial charge in [0.2, 0.25) is 0 Å². The first-order chi connectivity index (χ1) is 14.8. The van der Waals surface area contributed by atoms with E-state index in [4.69, 9.17) is 9.73 Å². The van der Waals surface area contributed by atoms with Crippen molar-refractivity contribution in [1.82, 2.24) is 15.5 Å². The van der Waals surface area contributed by atoms with E-state index in [2.05, 4.69) is 52.8 Å². The normalized spacial score (nSPS) is 31.5. The first-order valence-corrected chi connectivity index (χ1v) is 12.2. The molecule has 4 aliphatic rings. The van der Waals surface area contributed by atoms with Gasteiger partial charge < -0.3 is 15.4 Å². The minimum atomic E-state index is 0.371. The highest BCUT2D eigenvalue weighted by Gasteiger charge is 2.65. The summed E-state index contributed by atoms with van der Waals surface area (Å²) in [5, 5.41) is 7.70. The molecule has 2 heterocycles. The van der Waals surface area contributed by atoms with E-state index >= 15 is 0 Å². The molecule has 4 fully saturated rings. The van der Waals surface area contributed by atoms with Gasteiger partial charge in [-0.05, 0) is 44.6 Å². The Labute approximate surface area is 181 Å². The summed E-state index contributed by atoms with van der Waals surface area (Å²) in [5.74, 6) is 1.72. The average Bonchev–Trinajstić information content (AvgIpc) is 3.43. The third-order valence-electron chi connectivity index (χ3n) is 8.07. The van der Waals surface area contributed by atoms with E-state index in [1.54, 1.807) is 0 Å². The monoisotopic (exact) mass is 410 g/mol. The molecule has 2 aliphatic heterocycles. The predicted molar refractivity (Wildman–Crippen MR) is 122 cm³/mol. The van der Waals surface area contributed by atoms with Crippen LogP contribution in [0.3, 0.4) is 0 Å². The van der Waals surface area contributed by atoms with E-state index in [1.807, 2.05) is 0 Å². The van der Waals surface area contributed by atoms with Gasteiger partial charge in [-0.1, -0.05) is 43.2 Å². The molecule has 0 bridgehead atoms. The molecule has 0 aromatic heterocycles. The number of fused-ring (bicyclic) bond motifs is 2. The SMILES string of the molecule is CCN=C(NC1CCN(Cc2ccccc2)CC1)NC1C2CCOC2C12CCCC2. The maximum atomic E-state index is 6.17. The Morgan fingerprint density at radius 3 is 2.60 bits per heavy atom.